The quantitative estimate of drug-likeness (QED) is 0.847. The number of hydrogen-bond donors (Lipinski definition) is 1. The Morgan fingerprint density at radius 1 is 1.47 bits per heavy atom. The van der Waals surface area contributed by atoms with Gasteiger partial charge < -0.3 is 5.32 Å². The molecule has 0 saturated heterocycles. The van der Waals surface area contributed by atoms with E-state index in [-0.39, 0.29) is 0 Å². The van der Waals surface area contributed by atoms with Gasteiger partial charge in [-0.2, -0.15) is 0 Å². The van der Waals surface area contributed by atoms with Crippen LogP contribution in [-0.4, -0.2) is 12.0 Å². The summed E-state index contributed by atoms with van der Waals surface area (Å²) in [6.45, 7) is 3.35. The monoisotopic (exact) mass is 222 g/mol. The normalized spacial score (nSPS) is 23.1. The van der Waals surface area contributed by atoms with Gasteiger partial charge in [0.2, 0.25) is 0 Å². The van der Waals surface area contributed by atoms with E-state index in [1.54, 1.807) is 0 Å². The van der Waals surface area contributed by atoms with Gasteiger partial charge in [-0.25, -0.2) is 4.98 Å². The molecular formula is C12H18N2S. The second-order valence-corrected chi connectivity index (χ2v) is 6.28. The fourth-order valence-corrected chi connectivity index (χ4v) is 3.35. The van der Waals surface area contributed by atoms with E-state index >= 15 is 0 Å². The summed E-state index contributed by atoms with van der Waals surface area (Å²) < 4.78 is 0. The topological polar surface area (TPSA) is 24.9 Å². The minimum absolute atomic E-state index is 0.445. The van der Waals surface area contributed by atoms with Crippen molar-refractivity contribution in [1.29, 1.82) is 0 Å². The van der Waals surface area contributed by atoms with Gasteiger partial charge in [0, 0.05) is 22.8 Å². The molecule has 2 aliphatic carbocycles. The predicted octanol–water partition coefficient (Wildman–Crippen LogP) is 2.79. The molecule has 2 saturated carbocycles. The third-order valence-electron chi connectivity index (χ3n) is 3.55. The highest BCUT2D eigenvalue weighted by Crippen LogP contribution is 2.51. The van der Waals surface area contributed by atoms with E-state index in [0.717, 1.165) is 12.5 Å². The molecule has 3 heteroatoms. The number of hydrogen-bond acceptors (Lipinski definition) is 3. The Labute approximate surface area is 95.1 Å². The van der Waals surface area contributed by atoms with Crippen LogP contribution < -0.4 is 5.32 Å². The number of aromatic nitrogens is 1. The van der Waals surface area contributed by atoms with E-state index in [9.17, 15) is 0 Å². The van der Waals surface area contributed by atoms with E-state index in [1.165, 1.54) is 41.3 Å². The predicted molar refractivity (Wildman–Crippen MR) is 63.4 cm³/mol. The van der Waals surface area contributed by atoms with Gasteiger partial charge in [0.05, 0.1) is 10.7 Å². The van der Waals surface area contributed by atoms with Crippen LogP contribution in [0.5, 0.6) is 0 Å². The highest BCUT2D eigenvalue weighted by Gasteiger charge is 2.43. The third kappa shape index (κ3) is 1.72. The molecule has 0 amide bonds. The van der Waals surface area contributed by atoms with Gasteiger partial charge in [0.1, 0.15) is 0 Å². The first-order valence-corrected chi connectivity index (χ1v) is 6.69. The fraction of sp³-hybridized carbons (Fsp3) is 0.750. The Bertz CT molecular complexity index is 375. The molecule has 3 rings (SSSR count). The maximum atomic E-state index is 4.90. The summed E-state index contributed by atoms with van der Waals surface area (Å²) in [7, 11) is 2.02. The first-order chi connectivity index (χ1) is 7.23. The van der Waals surface area contributed by atoms with Crippen molar-refractivity contribution in [3.8, 4) is 0 Å². The lowest BCUT2D eigenvalue weighted by Crippen LogP contribution is -2.05. The lowest BCUT2D eigenvalue weighted by molar-refractivity contribution is 0.764. The van der Waals surface area contributed by atoms with Gasteiger partial charge in [-0.15, -0.1) is 11.3 Å². The first-order valence-electron chi connectivity index (χ1n) is 5.87. The molecule has 0 aliphatic heterocycles. The van der Waals surface area contributed by atoms with Crippen LogP contribution in [0.25, 0.3) is 0 Å². The molecule has 0 spiro atoms. The highest BCUT2D eigenvalue weighted by molar-refractivity contribution is 7.12. The molecule has 2 fully saturated rings. The molecule has 15 heavy (non-hydrogen) atoms. The van der Waals surface area contributed by atoms with Crippen LogP contribution in [0, 0.1) is 0 Å². The molecular weight excluding hydrogens is 204 g/mol. The molecule has 0 unspecified atom stereocenters. The van der Waals surface area contributed by atoms with Crippen LogP contribution in [0.2, 0.25) is 0 Å². The van der Waals surface area contributed by atoms with Crippen LogP contribution in [0.3, 0.4) is 0 Å². The zero-order valence-electron chi connectivity index (χ0n) is 9.47. The zero-order chi connectivity index (χ0) is 10.5. The van der Waals surface area contributed by atoms with Crippen molar-refractivity contribution < 1.29 is 0 Å². The summed E-state index contributed by atoms with van der Waals surface area (Å²) in [5.41, 5.74) is 1.86. The Kier molecular flexibility index (Phi) is 2.15. The van der Waals surface area contributed by atoms with E-state index < -0.39 is 0 Å². The number of nitrogens with zero attached hydrogens (tertiary/aromatic N) is 1. The molecule has 1 aromatic rings. The zero-order valence-corrected chi connectivity index (χ0v) is 10.3. The van der Waals surface area contributed by atoms with Gasteiger partial charge in [-0.1, -0.05) is 6.92 Å². The molecule has 82 valence electrons. The molecule has 0 radical (unpaired) electrons. The van der Waals surface area contributed by atoms with E-state index in [2.05, 4.69) is 12.2 Å². The van der Waals surface area contributed by atoms with Gasteiger partial charge in [-0.05, 0) is 32.7 Å². The molecule has 2 aliphatic rings. The van der Waals surface area contributed by atoms with Crippen LogP contribution in [0.1, 0.15) is 54.1 Å². The fourth-order valence-electron chi connectivity index (χ4n) is 1.99. The van der Waals surface area contributed by atoms with Crippen molar-refractivity contribution >= 4 is 11.3 Å². The van der Waals surface area contributed by atoms with E-state index in [1.807, 2.05) is 18.4 Å². The van der Waals surface area contributed by atoms with Crippen LogP contribution in [-0.2, 0) is 12.0 Å². The van der Waals surface area contributed by atoms with Crippen molar-refractivity contribution in [2.45, 2.75) is 50.5 Å². The lowest BCUT2D eigenvalue weighted by Gasteiger charge is -2.00. The van der Waals surface area contributed by atoms with Gasteiger partial charge in [0.15, 0.2) is 0 Å². The molecule has 0 bridgehead atoms. The van der Waals surface area contributed by atoms with E-state index in [0.29, 0.717) is 5.41 Å². The van der Waals surface area contributed by atoms with Gasteiger partial charge in [0.25, 0.3) is 0 Å². The third-order valence-corrected chi connectivity index (χ3v) is 4.92. The van der Waals surface area contributed by atoms with E-state index in [4.69, 9.17) is 4.98 Å². The number of rotatable bonds is 4. The van der Waals surface area contributed by atoms with Crippen molar-refractivity contribution in [1.82, 2.24) is 10.3 Å². The minimum atomic E-state index is 0.445. The summed E-state index contributed by atoms with van der Waals surface area (Å²) in [6.07, 6.45) is 5.39. The second kappa shape index (κ2) is 3.29. The lowest BCUT2D eigenvalue weighted by atomic mass is 10.1. The van der Waals surface area contributed by atoms with Crippen molar-refractivity contribution in [3.63, 3.8) is 0 Å². The summed E-state index contributed by atoms with van der Waals surface area (Å²) in [4.78, 5) is 6.39. The molecule has 2 nitrogen and oxygen atoms in total. The second-order valence-electron chi connectivity index (χ2n) is 5.19. The molecule has 1 N–H and O–H groups in total. The van der Waals surface area contributed by atoms with Crippen LogP contribution in [0.4, 0.5) is 0 Å². The maximum absolute atomic E-state index is 4.90. The molecule has 0 atom stereocenters. The SMILES string of the molecule is CNCc1sc(C2(C)CC2)nc1C1CC1. The first kappa shape index (κ1) is 9.79. The van der Waals surface area contributed by atoms with Crippen LogP contribution in [0.15, 0.2) is 0 Å². The number of thiazole rings is 1. The molecule has 1 heterocycles. The van der Waals surface area contributed by atoms with Gasteiger partial charge >= 0.3 is 0 Å². The Morgan fingerprint density at radius 3 is 2.73 bits per heavy atom. The summed E-state index contributed by atoms with van der Waals surface area (Å²) >= 11 is 1.95. The Hall–Kier alpha value is -0.410. The van der Waals surface area contributed by atoms with Crippen molar-refractivity contribution in [3.05, 3.63) is 15.6 Å². The van der Waals surface area contributed by atoms with Crippen molar-refractivity contribution in [2.75, 3.05) is 7.05 Å². The highest BCUT2D eigenvalue weighted by atomic mass is 32.1. The standard InChI is InChI=1S/C12H18N2S/c1-12(5-6-12)11-14-10(8-3-4-8)9(15-11)7-13-2/h8,13H,3-7H2,1-2H3. The Balaban J connectivity index is 1.93. The average Bonchev–Trinajstić information content (AvgIpc) is 3.12. The maximum Gasteiger partial charge on any atom is 0.0990 e. The van der Waals surface area contributed by atoms with Crippen LogP contribution >= 0.6 is 11.3 Å². The summed E-state index contributed by atoms with van der Waals surface area (Å²) in [6, 6.07) is 0. The average molecular weight is 222 g/mol. The molecule has 1 aromatic heterocycles. The van der Waals surface area contributed by atoms with Gasteiger partial charge in [-0.3, -0.25) is 0 Å². The summed E-state index contributed by atoms with van der Waals surface area (Å²) in [5.74, 6) is 0.792. The largest absolute Gasteiger partial charge is 0.315 e. The Morgan fingerprint density at radius 2 is 2.20 bits per heavy atom. The smallest absolute Gasteiger partial charge is 0.0990 e. The molecule has 0 aromatic carbocycles. The minimum Gasteiger partial charge on any atom is -0.315 e. The van der Waals surface area contributed by atoms with Crippen molar-refractivity contribution in [2.24, 2.45) is 0 Å². The number of nitrogens with one attached hydrogen (secondary N) is 1. The summed E-state index contributed by atoms with van der Waals surface area (Å²) in [5, 5.41) is 4.66.